The number of piperidine rings is 2. The number of halogens is 5. The third-order valence-electron chi connectivity index (χ3n) is 4.85. The van der Waals surface area contributed by atoms with Crippen LogP contribution in [0.2, 0.25) is 5.02 Å². The molecule has 152 valence electrons. The first kappa shape index (κ1) is 22.1. The number of aliphatic hydroxyl groups is 1. The van der Waals surface area contributed by atoms with Crippen LogP contribution in [0.5, 0.6) is 0 Å². The number of likely N-dealkylation sites (tertiary alicyclic amines) is 1. The summed E-state index contributed by atoms with van der Waals surface area (Å²) in [4.78, 5) is 14.4. The van der Waals surface area contributed by atoms with Crippen LogP contribution in [0.15, 0.2) is 18.2 Å². The third-order valence-corrected chi connectivity index (χ3v) is 5.07. The van der Waals surface area contributed by atoms with Gasteiger partial charge in [-0.25, -0.2) is 0 Å². The highest BCUT2D eigenvalue weighted by molar-refractivity contribution is 6.31. The molecule has 1 amide bonds. The van der Waals surface area contributed by atoms with Crippen LogP contribution in [0, 0.1) is 0 Å². The molecule has 0 saturated carbocycles. The summed E-state index contributed by atoms with van der Waals surface area (Å²) in [5.74, 6) is -0.211. The molecule has 5 nitrogen and oxygen atoms in total. The molecular formula is C17H22Cl2F3N3O2. The van der Waals surface area contributed by atoms with E-state index in [1.54, 1.807) is 4.90 Å². The number of rotatable bonds is 3. The zero-order valence-electron chi connectivity index (χ0n) is 14.4. The summed E-state index contributed by atoms with van der Waals surface area (Å²) in [5.41, 5.74) is -0.702. The lowest BCUT2D eigenvalue weighted by Crippen LogP contribution is -2.60. The highest BCUT2D eigenvalue weighted by Crippen LogP contribution is 2.34. The number of hydrogen-bond acceptors (Lipinski definition) is 4. The summed E-state index contributed by atoms with van der Waals surface area (Å²) in [6.07, 6.45) is -3.32. The maximum Gasteiger partial charge on any atom is 0.416 e. The molecule has 3 N–H and O–H groups in total. The first-order chi connectivity index (χ1) is 12.3. The Morgan fingerprint density at radius 3 is 2.67 bits per heavy atom. The Kier molecular flexibility index (Phi) is 7.24. The summed E-state index contributed by atoms with van der Waals surface area (Å²) in [7, 11) is 0. The van der Waals surface area contributed by atoms with Gasteiger partial charge in [0.1, 0.15) is 6.04 Å². The number of nitrogens with zero attached hydrogens (tertiary/aromatic N) is 1. The molecule has 3 rings (SSSR count). The Hall–Kier alpha value is -1.22. The molecule has 3 atom stereocenters. The second-order valence-corrected chi connectivity index (χ2v) is 7.16. The van der Waals surface area contributed by atoms with Gasteiger partial charge in [-0.05, 0) is 44.0 Å². The molecule has 1 aromatic carbocycles. The smallest absolute Gasteiger partial charge is 0.391 e. The molecule has 0 spiro atoms. The summed E-state index contributed by atoms with van der Waals surface area (Å²) in [6, 6.07) is 2.23. The Morgan fingerprint density at radius 2 is 2.00 bits per heavy atom. The molecule has 0 radical (unpaired) electrons. The van der Waals surface area contributed by atoms with E-state index in [0.717, 1.165) is 12.1 Å². The van der Waals surface area contributed by atoms with Crippen LogP contribution in [-0.2, 0) is 11.0 Å². The van der Waals surface area contributed by atoms with Crippen LogP contribution in [0.25, 0.3) is 0 Å². The van der Waals surface area contributed by atoms with Crippen molar-refractivity contribution in [3.05, 3.63) is 28.8 Å². The molecule has 2 aliphatic heterocycles. The number of benzene rings is 1. The Bertz CT molecular complexity index is 675. The fourth-order valence-corrected chi connectivity index (χ4v) is 3.78. The van der Waals surface area contributed by atoms with Crippen LogP contribution < -0.4 is 10.6 Å². The number of aliphatic hydroxyl groups excluding tert-OH is 1. The quantitative estimate of drug-likeness (QED) is 0.693. The number of amides is 1. The standard InChI is InChI=1S/C17H21ClF3N3O2.ClH/c18-11-6-10(17(19,20)21)7-12(8-11)23-13-2-1-5-24(16(13)26)14-9-22-4-3-15(14)25;/h6-8,13-15,22-23,25H,1-5,9H2;1H/t13-,14+,15+;/m1./s1. The molecule has 0 bridgehead atoms. The summed E-state index contributed by atoms with van der Waals surface area (Å²) in [5, 5.41) is 16.2. The van der Waals surface area contributed by atoms with E-state index in [1.165, 1.54) is 6.07 Å². The van der Waals surface area contributed by atoms with Gasteiger partial charge in [-0.15, -0.1) is 12.4 Å². The van der Waals surface area contributed by atoms with Crippen molar-refractivity contribution in [3.63, 3.8) is 0 Å². The SMILES string of the molecule is Cl.O=C1[C@H](Nc2cc(Cl)cc(C(F)(F)F)c2)CCCN1[C@H]1CNCC[C@@H]1O. The van der Waals surface area contributed by atoms with Crippen LogP contribution in [0.3, 0.4) is 0 Å². The lowest BCUT2D eigenvalue weighted by molar-refractivity contribution is -0.140. The predicted octanol–water partition coefficient (Wildman–Crippen LogP) is 2.91. The normalized spacial score (nSPS) is 26.5. The van der Waals surface area contributed by atoms with Crippen molar-refractivity contribution < 1.29 is 23.1 Å². The van der Waals surface area contributed by atoms with E-state index in [0.29, 0.717) is 38.9 Å². The summed E-state index contributed by atoms with van der Waals surface area (Å²) >= 11 is 5.80. The van der Waals surface area contributed by atoms with E-state index in [9.17, 15) is 23.1 Å². The van der Waals surface area contributed by atoms with Crippen molar-refractivity contribution in [2.75, 3.05) is 25.0 Å². The Balaban J connectivity index is 0.00000261. The first-order valence-corrected chi connectivity index (χ1v) is 8.97. The van der Waals surface area contributed by atoms with E-state index in [1.807, 2.05) is 0 Å². The molecule has 0 unspecified atom stereocenters. The van der Waals surface area contributed by atoms with Crippen molar-refractivity contribution in [2.45, 2.75) is 43.6 Å². The summed E-state index contributed by atoms with van der Waals surface area (Å²) < 4.78 is 38.9. The number of anilines is 1. The van der Waals surface area contributed by atoms with Gasteiger partial charge in [0.25, 0.3) is 0 Å². The van der Waals surface area contributed by atoms with Crippen molar-refractivity contribution >= 4 is 35.6 Å². The van der Waals surface area contributed by atoms with Crippen LogP contribution >= 0.6 is 24.0 Å². The molecule has 2 heterocycles. The van der Waals surface area contributed by atoms with Crippen molar-refractivity contribution in [3.8, 4) is 0 Å². The minimum Gasteiger partial charge on any atom is -0.391 e. The van der Waals surface area contributed by atoms with Crippen LogP contribution in [0.1, 0.15) is 24.8 Å². The van der Waals surface area contributed by atoms with Gasteiger partial charge in [0.15, 0.2) is 0 Å². The average Bonchev–Trinajstić information content (AvgIpc) is 2.56. The predicted molar refractivity (Wildman–Crippen MR) is 99.3 cm³/mol. The van der Waals surface area contributed by atoms with Gasteiger partial charge in [0.2, 0.25) is 5.91 Å². The molecule has 0 aromatic heterocycles. The van der Waals surface area contributed by atoms with Gasteiger partial charge in [-0.3, -0.25) is 4.79 Å². The number of nitrogens with one attached hydrogen (secondary N) is 2. The maximum atomic E-state index is 13.0. The topological polar surface area (TPSA) is 64.6 Å². The van der Waals surface area contributed by atoms with E-state index in [2.05, 4.69) is 10.6 Å². The lowest BCUT2D eigenvalue weighted by atomic mass is 9.96. The minimum atomic E-state index is -4.51. The van der Waals surface area contributed by atoms with E-state index in [-0.39, 0.29) is 35.1 Å². The second kappa shape index (κ2) is 8.86. The largest absolute Gasteiger partial charge is 0.416 e. The Labute approximate surface area is 166 Å². The Morgan fingerprint density at radius 1 is 1.26 bits per heavy atom. The molecule has 2 saturated heterocycles. The maximum absolute atomic E-state index is 13.0. The highest BCUT2D eigenvalue weighted by Gasteiger charge is 2.37. The molecule has 2 aliphatic rings. The monoisotopic (exact) mass is 427 g/mol. The van der Waals surface area contributed by atoms with Gasteiger partial charge in [-0.2, -0.15) is 13.2 Å². The molecule has 10 heteroatoms. The first-order valence-electron chi connectivity index (χ1n) is 8.59. The van der Waals surface area contributed by atoms with Gasteiger partial charge >= 0.3 is 6.18 Å². The molecule has 2 fully saturated rings. The highest BCUT2D eigenvalue weighted by atomic mass is 35.5. The second-order valence-electron chi connectivity index (χ2n) is 6.72. The minimum absolute atomic E-state index is 0. The molecule has 0 aliphatic carbocycles. The zero-order valence-corrected chi connectivity index (χ0v) is 16.0. The average molecular weight is 428 g/mol. The molecule has 1 aromatic rings. The fraction of sp³-hybridized carbons (Fsp3) is 0.588. The number of hydrogen-bond donors (Lipinski definition) is 3. The number of carbonyl (C=O) groups excluding carboxylic acids is 1. The van der Waals surface area contributed by atoms with Gasteiger partial charge < -0.3 is 20.6 Å². The van der Waals surface area contributed by atoms with E-state index in [4.69, 9.17) is 11.6 Å². The van der Waals surface area contributed by atoms with Crippen molar-refractivity contribution in [1.82, 2.24) is 10.2 Å². The van der Waals surface area contributed by atoms with Crippen molar-refractivity contribution in [2.24, 2.45) is 0 Å². The third kappa shape index (κ3) is 5.19. The number of carbonyl (C=O) groups is 1. The van der Waals surface area contributed by atoms with Crippen molar-refractivity contribution in [1.29, 1.82) is 0 Å². The van der Waals surface area contributed by atoms with Gasteiger partial charge in [0, 0.05) is 23.8 Å². The van der Waals surface area contributed by atoms with E-state index >= 15 is 0 Å². The zero-order chi connectivity index (χ0) is 18.9. The van der Waals surface area contributed by atoms with Crippen LogP contribution in [-0.4, -0.2) is 53.7 Å². The van der Waals surface area contributed by atoms with Gasteiger partial charge in [-0.1, -0.05) is 11.6 Å². The number of alkyl halides is 3. The summed E-state index contributed by atoms with van der Waals surface area (Å²) in [6.45, 7) is 1.74. The molecule has 27 heavy (non-hydrogen) atoms. The molecular weight excluding hydrogens is 406 g/mol. The fourth-order valence-electron chi connectivity index (χ4n) is 3.55. The van der Waals surface area contributed by atoms with Crippen LogP contribution in [0.4, 0.5) is 18.9 Å². The lowest BCUT2D eigenvalue weighted by Gasteiger charge is -2.42. The van der Waals surface area contributed by atoms with Gasteiger partial charge in [0.05, 0.1) is 17.7 Å². The van der Waals surface area contributed by atoms with E-state index < -0.39 is 23.9 Å².